The van der Waals surface area contributed by atoms with Crippen molar-refractivity contribution < 1.29 is 4.79 Å². The maximum Gasteiger partial charge on any atom is 0.194 e. The molecule has 0 bridgehead atoms. The maximum absolute atomic E-state index is 12.4. The van der Waals surface area contributed by atoms with Crippen LogP contribution in [0.5, 0.6) is 0 Å². The Hall–Kier alpha value is -1.51. The molecule has 4 heteroatoms. The molecule has 2 nitrogen and oxygen atoms in total. The number of rotatable bonds is 2. The number of carbonyl (C=O) groups is 1. The summed E-state index contributed by atoms with van der Waals surface area (Å²) in [6.45, 7) is 3.95. The normalized spacial score (nSPS) is 10.5. The van der Waals surface area contributed by atoms with Gasteiger partial charge >= 0.3 is 0 Å². The highest BCUT2D eigenvalue weighted by atomic mass is 35.5. The first kappa shape index (κ1) is 13.9. The minimum Gasteiger partial charge on any atom is -0.399 e. The van der Waals surface area contributed by atoms with Crippen molar-refractivity contribution in [2.75, 3.05) is 5.73 Å². The quantitative estimate of drug-likeness (QED) is 0.658. The van der Waals surface area contributed by atoms with Gasteiger partial charge in [-0.25, -0.2) is 0 Å². The fourth-order valence-electron chi connectivity index (χ4n) is 1.81. The predicted molar refractivity (Wildman–Crippen MR) is 80.2 cm³/mol. The summed E-state index contributed by atoms with van der Waals surface area (Å²) in [4.78, 5) is 12.4. The number of nitrogens with two attached hydrogens (primary N) is 1. The third-order valence-electron chi connectivity index (χ3n) is 3.06. The lowest BCUT2D eigenvalue weighted by atomic mass is 9.99. The van der Waals surface area contributed by atoms with Gasteiger partial charge in [0.25, 0.3) is 0 Å². The summed E-state index contributed by atoms with van der Waals surface area (Å²) >= 11 is 12.0. The highest BCUT2D eigenvalue weighted by Gasteiger charge is 2.16. The molecule has 98 valence electrons. The van der Waals surface area contributed by atoms with Gasteiger partial charge in [-0.3, -0.25) is 4.79 Å². The van der Waals surface area contributed by atoms with Crippen molar-refractivity contribution in [1.82, 2.24) is 0 Å². The number of hydrogen-bond acceptors (Lipinski definition) is 2. The van der Waals surface area contributed by atoms with Crippen molar-refractivity contribution in [1.29, 1.82) is 0 Å². The summed E-state index contributed by atoms with van der Waals surface area (Å²) in [6.07, 6.45) is 0. The molecular weight excluding hydrogens is 281 g/mol. The van der Waals surface area contributed by atoms with Crippen LogP contribution in [0, 0.1) is 13.8 Å². The number of ketones is 1. The van der Waals surface area contributed by atoms with Crippen molar-refractivity contribution in [3.8, 4) is 0 Å². The number of benzene rings is 2. The summed E-state index contributed by atoms with van der Waals surface area (Å²) in [7, 11) is 0. The molecule has 0 aliphatic heterocycles. The smallest absolute Gasteiger partial charge is 0.194 e. The van der Waals surface area contributed by atoms with Crippen LogP contribution in [-0.2, 0) is 0 Å². The van der Waals surface area contributed by atoms with E-state index in [-0.39, 0.29) is 15.8 Å². The largest absolute Gasteiger partial charge is 0.399 e. The molecule has 0 radical (unpaired) electrons. The van der Waals surface area contributed by atoms with E-state index >= 15 is 0 Å². The zero-order chi connectivity index (χ0) is 14.2. The second-order valence-electron chi connectivity index (χ2n) is 4.49. The molecule has 2 aromatic rings. The van der Waals surface area contributed by atoms with E-state index in [1.54, 1.807) is 12.1 Å². The van der Waals surface area contributed by atoms with Crippen molar-refractivity contribution in [3.05, 3.63) is 62.6 Å². The number of carbonyl (C=O) groups excluding carboxylic acids is 1. The Labute approximate surface area is 122 Å². The molecule has 0 fully saturated rings. The molecule has 19 heavy (non-hydrogen) atoms. The number of hydrogen-bond donors (Lipinski definition) is 1. The van der Waals surface area contributed by atoms with Crippen LogP contribution >= 0.6 is 23.2 Å². The van der Waals surface area contributed by atoms with Crippen molar-refractivity contribution in [3.63, 3.8) is 0 Å². The Bertz CT molecular complexity index is 665. The highest BCUT2D eigenvalue weighted by molar-refractivity contribution is 6.44. The second-order valence-corrected chi connectivity index (χ2v) is 5.28. The molecule has 2 aromatic carbocycles. The van der Waals surface area contributed by atoms with Gasteiger partial charge in [0.2, 0.25) is 0 Å². The van der Waals surface area contributed by atoms with Crippen LogP contribution in [-0.4, -0.2) is 5.78 Å². The van der Waals surface area contributed by atoms with Gasteiger partial charge < -0.3 is 5.73 Å². The first-order chi connectivity index (χ1) is 8.90. The summed E-state index contributed by atoms with van der Waals surface area (Å²) in [5.74, 6) is -0.178. The zero-order valence-electron chi connectivity index (χ0n) is 10.6. The first-order valence-corrected chi connectivity index (χ1v) is 6.52. The van der Waals surface area contributed by atoms with Gasteiger partial charge in [0.1, 0.15) is 0 Å². The van der Waals surface area contributed by atoms with Crippen LogP contribution in [0.25, 0.3) is 0 Å². The molecule has 0 heterocycles. The van der Waals surface area contributed by atoms with E-state index in [4.69, 9.17) is 28.9 Å². The van der Waals surface area contributed by atoms with Gasteiger partial charge in [-0.2, -0.15) is 0 Å². The van der Waals surface area contributed by atoms with Gasteiger partial charge in [0.15, 0.2) is 5.78 Å². The molecule has 0 spiro atoms. The van der Waals surface area contributed by atoms with Crippen LogP contribution in [0.2, 0.25) is 10.0 Å². The molecule has 0 aliphatic rings. The topological polar surface area (TPSA) is 43.1 Å². The van der Waals surface area contributed by atoms with Crippen LogP contribution in [0.15, 0.2) is 30.3 Å². The van der Waals surface area contributed by atoms with E-state index in [1.165, 1.54) is 6.07 Å². The predicted octanol–water partition coefficient (Wildman–Crippen LogP) is 4.42. The average Bonchev–Trinajstić information content (AvgIpc) is 2.36. The lowest BCUT2D eigenvalue weighted by molar-refractivity contribution is 0.103. The highest BCUT2D eigenvalue weighted by Crippen LogP contribution is 2.30. The van der Waals surface area contributed by atoms with Gasteiger partial charge in [0, 0.05) is 16.8 Å². The van der Waals surface area contributed by atoms with Crippen LogP contribution in [0.3, 0.4) is 0 Å². The third kappa shape index (κ3) is 2.75. The molecule has 0 saturated carbocycles. The molecule has 0 atom stereocenters. The fraction of sp³-hybridized carbons (Fsp3) is 0.133. The molecule has 0 unspecified atom stereocenters. The van der Waals surface area contributed by atoms with Gasteiger partial charge in [-0.15, -0.1) is 0 Å². The number of aryl methyl sites for hydroxylation is 2. The molecular formula is C15H13Cl2NO. The molecule has 0 aliphatic carbocycles. The van der Waals surface area contributed by atoms with Crippen molar-refractivity contribution >= 4 is 34.7 Å². The summed E-state index contributed by atoms with van der Waals surface area (Å²) in [5, 5.41) is 0.521. The molecule has 0 aromatic heterocycles. The maximum atomic E-state index is 12.4. The monoisotopic (exact) mass is 293 g/mol. The minimum atomic E-state index is -0.178. The lowest BCUT2D eigenvalue weighted by Gasteiger charge is -2.08. The van der Waals surface area contributed by atoms with Gasteiger partial charge in [0.05, 0.1) is 10.0 Å². The van der Waals surface area contributed by atoms with Gasteiger partial charge in [-0.1, -0.05) is 35.3 Å². The number of anilines is 1. The second kappa shape index (κ2) is 5.24. The fourth-order valence-corrected chi connectivity index (χ4v) is 2.24. The zero-order valence-corrected chi connectivity index (χ0v) is 12.1. The molecule has 2 rings (SSSR count). The average molecular weight is 294 g/mol. The Balaban J connectivity index is 2.53. The summed E-state index contributed by atoms with van der Waals surface area (Å²) in [6, 6.07) is 8.60. The van der Waals surface area contributed by atoms with E-state index in [9.17, 15) is 4.79 Å². The third-order valence-corrected chi connectivity index (χ3v) is 3.87. The van der Waals surface area contributed by atoms with E-state index in [2.05, 4.69) is 0 Å². The molecule has 0 saturated heterocycles. The van der Waals surface area contributed by atoms with E-state index in [0.717, 1.165) is 11.1 Å². The number of nitrogen functional groups attached to an aromatic ring is 1. The Morgan fingerprint density at radius 3 is 2.37 bits per heavy atom. The minimum absolute atomic E-state index is 0.178. The summed E-state index contributed by atoms with van der Waals surface area (Å²) < 4.78 is 0. The lowest BCUT2D eigenvalue weighted by Crippen LogP contribution is -2.04. The first-order valence-electron chi connectivity index (χ1n) is 5.76. The standard InChI is InChI=1S/C15H13Cl2NO/c1-8-3-4-10(5-9(8)2)15(19)12-6-11(18)7-13(16)14(12)17/h3-7H,18H2,1-2H3. The SMILES string of the molecule is Cc1ccc(C(=O)c2cc(N)cc(Cl)c2Cl)cc1C. The van der Waals surface area contributed by atoms with Crippen LogP contribution < -0.4 is 5.73 Å². The van der Waals surface area contributed by atoms with Crippen molar-refractivity contribution in [2.45, 2.75) is 13.8 Å². The van der Waals surface area contributed by atoms with E-state index in [0.29, 0.717) is 16.8 Å². The van der Waals surface area contributed by atoms with E-state index in [1.807, 2.05) is 26.0 Å². The molecule has 0 amide bonds. The van der Waals surface area contributed by atoms with Gasteiger partial charge in [-0.05, 0) is 43.2 Å². The Morgan fingerprint density at radius 2 is 1.74 bits per heavy atom. The number of halogens is 2. The van der Waals surface area contributed by atoms with Crippen LogP contribution in [0.4, 0.5) is 5.69 Å². The molecule has 2 N–H and O–H groups in total. The summed E-state index contributed by atoms with van der Waals surface area (Å²) in [5.41, 5.74) is 9.21. The van der Waals surface area contributed by atoms with Crippen LogP contribution in [0.1, 0.15) is 27.0 Å². The van der Waals surface area contributed by atoms with Crippen molar-refractivity contribution in [2.24, 2.45) is 0 Å². The van der Waals surface area contributed by atoms with E-state index < -0.39 is 0 Å². The Morgan fingerprint density at radius 1 is 1.05 bits per heavy atom. The Kier molecular flexibility index (Phi) is 3.83.